The first kappa shape index (κ1) is 16.4. The van der Waals surface area contributed by atoms with Crippen LogP contribution in [0.25, 0.3) is 0 Å². The van der Waals surface area contributed by atoms with Gasteiger partial charge in [0.05, 0.1) is 18.6 Å². The first-order valence-corrected chi connectivity index (χ1v) is 9.39. The number of piperidine rings is 1. The highest BCUT2D eigenvalue weighted by molar-refractivity contribution is 7.99. The number of hydrogen-bond donors (Lipinski definition) is 1. The molecule has 23 heavy (non-hydrogen) atoms. The minimum absolute atomic E-state index is 0.0670. The van der Waals surface area contributed by atoms with E-state index in [1.807, 2.05) is 11.8 Å². The number of aryl methyl sites for hydroxylation is 1. The van der Waals surface area contributed by atoms with Gasteiger partial charge in [-0.3, -0.25) is 9.69 Å². The summed E-state index contributed by atoms with van der Waals surface area (Å²) in [4.78, 5) is 16.3. The van der Waals surface area contributed by atoms with Crippen molar-refractivity contribution in [2.75, 3.05) is 18.8 Å². The third kappa shape index (κ3) is 3.73. The van der Waals surface area contributed by atoms with Crippen LogP contribution < -0.4 is 5.32 Å². The molecule has 1 fully saturated rings. The summed E-state index contributed by atoms with van der Waals surface area (Å²) in [5.41, 5.74) is 2.52. The molecule has 122 valence electrons. The predicted molar refractivity (Wildman–Crippen MR) is 95.4 cm³/mol. The number of benzene rings is 1. The smallest absolute Gasteiger partial charge is 0.237 e. The van der Waals surface area contributed by atoms with Crippen LogP contribution in [0.1, 0.15) is 42.9 Å². The Labute approximate surface area is 143 Å². The zero-order valence-electron chi connectivity index (χ0n) is 13.7. The fraction of sp³-hybridized carbons (Fsp3) is 0.526. The lowest BCUT2D eigenvalue weighted by Gasteiger charge is -2.35. The van der Waals surface area contributed by atoms with Crippen LogP contribution in [0.5, 0.6) is 0 Å². The lowest BCUT2D eigenvalue weighted by Crippen LogP contribution is -2.50. The molecule has 0 aromatic heterocycles. The van der Waals surface area contributed by atoms with E-state index in [1.54, 1.807) is 0 Å². The van der Waals surface area contributed by atoms with Crippen LogP contribution in [0, 0.1) is 19.3 Å². The Hall–Kier alpha value is -1.44. The summed E-state index contributed by atoms with van der Waals surface area (Å²) < 4.78 is 0. The number of nitrogens with one attached hydrogen (secondary N) is 1. The molecule has 1 aromatic rings. The van der Waals surface area contributed by atoms with Crippen LogP contribution in [0.15, 0.2) is 23.1 Å². The number of terminal acetylenes is 1. The Morgan fingerprint density at radius 2 is 2.30 bits per heavy atom. The highest BCUT2D eigenvalue weighted by atomic mass is 32.2. The van der Waals surface area contributed by atoms with Gasteiger partial charge < -0.3 is 5.32 Å². The van der Waals surface area contributed by atoms with Crippen LogP contribution >= 0.6 is 11.8 Å². The van der Waals surface area contributed by atoms with E-state index in [2.05, 4.69) is 41.3 Å². The molecule has 3 rings (SSSR count). The number of hydrogen-bond acceptors (Lipinski definition) is 3. The minimum atomic E-state index is -0.0670. The number of rotatable bonds is 3. The lowest BCUT2D eigenvalue weighted by atomic mass is 9.98. The largest absolute Gasteiger partial charge is 0.348 e. The van der Waals surface area contributed by atoms with Gasteiger partial charge in [0.25, 0.3) is 0 Å². The molecule has 0 radical (unpaired) electrons. The second kappa shape index (κ2) is 7.42. The number of likely N-dealkylation sites (tertiary alicyclic amines) is 1. The predicted octanol–water partition coefficient (Wildman–Crippen LogP) is 3.14. The molecule has 2 aliphatic heterocycles. The average molecular weight is 328 g/mol. The summed E-state index contributed by atoms with van der Waals surface area (Å²) >= 11 is 1.88. The molecule has 2 atom stereocenters. The van der Waals surface area contributed by atoms with Crippen molar-refractivity contribution in [2.45, 2.75) is 49.6 Å². The summed E-state index contributed by atoms with van der Waals surface area (Å²) in [7, 11) is 0. The first-order valence-electron chi connectivity index (χ1n) is 8.40. The number of carbonyl (C=O) groups is 1. The zero-order chi connectivity index (χ0) is 16.2. The molecule has 1 N–H and O–H groups in total. The van der Waals surface area contributed by atoms with Crippen molar-refractivity contribution in [3.05, 3.63) is 29.3 Å². The van der Waals surface area contributed by atoms with E-state index in [0.717, 1.165) is 38.0 Å². The molecule has 0 spiro atoms. The van der Waals surface area contributed by atoms with Gasteiger partial charge in [-0.05, 0) is 44.4 Å². The maximum Gasteiger partial charge on any atom is 0.237 e. The molecular formula is C19H24N2OS. The highest BCUT2D eigenvalue weighted by Crippen LogP contribution is 2.36. The molecule has 2 unspecified atom stereocenters. The van der Waals surface area contributed by atoms with E-state index in [1.165, 1.54) is 16.0 Å². The van der Waals surface area contributed by atoms with E-state index >= 15 is 0 Å². The van der Waals surface area contributed by atoms with Crippen molar-refractivity contribution < 1.29 is 4.79 Å². The Morgan fingerprint density at radius 1 is 1.43 bits per heavy atom. The van der Waals surface area contributed by atoms with Gasteiger partial charge in [-0.25, -0.2) is 0 Å². The molecule has 0 aliphatic carbocycles. The van der Waals surface area contributed by atoms with Crippen molar-refractivity contribution in [2.24, 2.45) is 0 Å². The molecule has 1 saturated heterocycles. The van der Waals surface area contributed by atoms with Crippen LogP contribution in [0.3, 0.4) is 0 Å². The van der Waals surface area contributed by atoms with Crippen LogP contribution in [0.2, 0.25) is 0 Å². The second-order valence-electron chi connectivity index (χ2n) is 6.43. The normalized spacial score (nSPS) is 24.5. The van der Waals surface area contributed by atoms with Gasteiger partial charge in [0, 0.05) is 10.6 Å². The fourth-order valence-corrected chi connectivity index (χ4v) is 4.63. The molecular weight excluding hydrogens is 304 g/mol. The Bertz CT molecular complexity index is 622. The Kier molecular flexibility index (Phi) is 5.30. The molecule has 0 bridgehead atoms. The molecule has 4 heteroatoms. The van der Waals surface area contributed by atoms with Gasteiger partial charge in [-0.2, -0.15) is 0 Å². The van der Waals surface area contributed by atoms with Gasteiger partial charge in [0.2, 0.25) is 5.91 Å². The van der Waals surface area contributed by atoms with E-state index in [4.69, 9.17) is 6.42 Å². The molecule has 2 aliphatic rings. The third-order valence-corrected chi connectivity index (χ3v) is 5.85. The number of fused-ring (bicyclic) bond motifs is 1. The number of carbonyl (C=O) groups excluding carboxylic acids is 1. The quantitative estimate of drug-likeness (QED) is 0.865. The van der Waals surface area contributed by atoms with Gasteiger partial charge in [-0.1, -0.05) is 30.0 Å². The van der Waals surface area contributed by atoms with Gasteiger partial charge in [0.15, 0.2) is 0 Å². The Morgan fingerprint density at radius 3 is 3.13 bits per heavy atom. The zero-order valence-corrected chi connectivity index (χ0v) is 14.5. The maximum atomic E-state index is 12.8. The summed E-state index contributed by atoms with van der Waals surface area (Å²) in [5.74, 6) is 3.89. The summed E-state index contributed by atoms with van der Waals surface area (Å²) in [6.07, 6.45) is 9.61. The molecule has 2 heterocycles. The van der Waals surface area contributed by atoms with Crippen LogP contribution in [-0.2, 0) is 4.79 Å². The van der Waals surface area contributed by atoms with Crippen molar-refractivity contribution in [1.82, 2.24) is 10.2 Å². The second-order valence-corrected chi connectivity index (χ2v) is 7.56. The van der Waals surface area contributed by atoms with Gasteiger partial charge in [-0.15, -0.1) is 18.2 Å². The summed E-state index contributed by atoms with van der Waals surface area (Å²) in [5, 5.41) is 3.30. The fourth-order valence-electron chi connectivity index (χ4n) is 3.53. The standard InChI is InChI=1S/C19H24N2OS/c1-3-10-21-11-5-4-6-17(21)19(22)20-16-9-12-23-18-8-7-14(2)13-15(16)18/h1,7-8,13,16-17H,4-6,9-12H2,2H3,(H,20,22). The van der Waals surface area contributed by atoms with Crippen molar-refractivity contribution >= 4 is 17.7 Å². The van der Waals surface area contributed by atoms with E-state index in [-0.39, 0.29) is 18.0 Å². The highest BCUT2D eigenvalue weighted by Gasteiger charge is 2.31. The SMILES string of the molecule is C#CCN1CCCCC1C(=O)NC1CCSc2ccc(C)cc21. The third-order valence-electron chi connectivity index (χ3n) is 4.73. The molecule has 1 aromatic carbocycles. The van der Waals surface area contributed by atoms with Gasteiger partial charge in [0.1, 0.15) is 0 Å². The van der Waals surface area contributed by atoms with Crippen LogP contribution in [-0.4, -0.2) is 35.7 Å². The average Bonchev–Trinajstić information content (AvgIpc) is 2.56. The van der Waals surface area contributed by atoms with E-state index in [9.17, 15) is 4.79 Å². The molecule has 0 saturated carbocycles. The summed E-state index contributed by atoms with van der Waals surface area (Å²) in [6, 6.07) is 6.60. The molecule has 1 amide bonds. The van der Waals surface area contributed by atoms with Crippen molar-refractivity contribution in [1.29, 1.82) is 0 Å². The van der Waals surface area contributed by atoms with E-state index < -0.39 is 0 Å². The minimum Gasteiger partial charge on any atom is -0.348 e. The maximum absolute atomic E-state index is 12.8. The number of thioether (sulfide) groups is 1. The molecule has 3 nitrogen and oxygen atoms in total. The van der Waals surface area contributed by atoms with E-state index in [0.29, 0.717) is 6.54 Å². The summed E-state index contributed by atoms with van der Waals surface area (Å²) in [6.45, 7) is 3.60. The topological polar surface area (TPSA) is 32.3 Å². The number of nitrogens with zero attached hydrogens (tertiary/aromatic N) is 1. The lowest BCUT2D eigenvalue weighted by molar-refractivity contribution is -0.128. The van der Waals surface area contributed by atoms with Crippen molar-refractivity contribution in [3.8, 4) is 12.3 Å². The Balaban J connectivity index is 1.73. The first-order chi connectivity index (χ1) is 11.2. The van der Waals surface area contributed by atoms with Gasteiger partial charge >= 0.3 is 0 Å². The number of amides is 1. The monoisotopic (exact) mass is 328 g/mol. The van der Waals surface area contributed by atoms with Crippen molar-refractivity contribution in [3.63, 3.8) is 0 Å². The van der Waals surface area contributed by atoms with Crippen LogP contribution in [0.4, 0.5) is 0 Å².